The lowest BCUT2D eigenvalue weighted by Crippen LogP contribution is -2.39. The van der Waals surface area contributed by atoms with Gasteiger partial charge >= 0.3 is 0 Å². The molecule has 0 radical (unpaired) electrons. The number of furan rings is 1. The van der Waals surface area contributed by atoms with Crippen molar-refractivity contribution < 1.29 is 13.9 Å². The first-order valence-electron chi connectivity index (χ1n) is 9.12. The number of benzene rings is 1. The average molecular weight is 500 g/mol. The van der Waals surface area contributed by atoms with Gasteiger partial charge in [0.1, 0.15) is 18.1 Å². The molecule has 0 aliphatic carbocycles. The number of nitrogens with one attached hydrogen (secondary N) is 2. The zero-order chi connectivity index (χ0) is 19.5. The van der Waals surface area contributed by atoms with Gasteiger partial charge in [0.25, 0.3) is 0 Å². The number of hydrogen-bond donors (Lipinski definition) is 2. The molecule has 7 nitrogen and oxygen atoms in total. The van der Waals surface area contributed by atoms with Gasteiger partial charge in [0.15, 0.2) is 5.96 Å². The van der Waals surface area contributed by atoms with Gasteiger partial charge < -0.3 is 24.7 Å². The molecule has 28 heavy (non-hydrogen) atoms. The van der Waals surface area contributed by atoms with E-state index in [2.05, 4.69) is 15.6 Å². The van der Waals surface area contributed by atoms with Crippen molar-refractivity contribution in [3.05, 3.63) is 54.0 Å². The Morgan fingerprint density at radius 1 is 1.18 bits per heavy atom. The Morgan fingerprint density at radius 2 is 1.93 bits per heavy atom. The molecule has 0 aliphatic heterocycles. The minimum Gasteiger partial charge on any atom is -0.494 e. The van der Waals surface area contributed by atoms with E-state index >= 15 is 0 Å². The van der Waals surface area contributed by atoms with E-state index in [1.807, 2.05) is 56.1 Å². The van der Waals surface area contributed by atoms with Crippen LogP contribution in [0.4, 0.5) is 0 Å². The molecule has 1 aromatic heterocycles. The minimum atomic E-state index is -0.156. The standard InChI is InChI=1S/C20H28N4O3.HI/c1-4-21-20(23-14-19(25)22-13-18-7-6-12-27-18)24(3)15-16-8-10-17(11-9-16)26-5-2;/h6-12H,4-5,13-15H2,1-3H3,(H,21,23)(H,22,25);1H. The summed E-state index contributed by atoms with van der Waals surface area (Å²) in [7, 11) is 1.94. The van der Waals surface area contributed by atoms with Crippen molar-refractivity contribution in [1.82, 2.24) is 15.5 Å². The molecular formula is C20H29IN4O3. The van der Waals surface area contributed by atoms with E-state index in [1.165, 1.54) is 0 Å². The Bertz CT molecular complexity index is 718. The van der Waals surface area contributed by atoms with Crippen LogP contribution < -0.4 is 15.4 Å². The van der Waals surface area contributed by atoms with Gasteiger partial charge in [0.2, 0.25) is 5.91 Å². The predicted molar refractivity (Wildman–Crippen MR) is 121 cm³/mol. The van der Waals surface area contributed by atoms with Crippen molar-refractivity contribution in [2.45, 2.75) is 26.9 Å². The molecule has 0 fully saturated rings. The van der Waals surface area contributed by atoms with Crippen molar-refractivity contribution in [1.29, 1.82) is 0 Å². The van der Waals surface area contributed by atoms with Crippen molar-refractivity contribution in [2.24, 2.45) is 4.99 Å². The highest BCUT2D eigenvalue weighted by molar-refractivity contribution is 14.0. The van der Waals surface area contributed by atoms with E-state index in [4.69, 9.17) is 9.15 Å². The number of halogens is 1. The summed E-state index contributed by atoms with van der Waals surface area (Å²) in [4.78, 5) is 18.4. The molecule has 1 heterocycles. The van der Waals surface area contributed by atoms with Gasteiger partial charge in [-0.2, -0.15) is 0 Å². The summed E-state index contributed by atoms with van der Waals surface area (Å²) in [5.41, 5.74) is 1.13. The van der Waals surface area contributed by atoms with Crippen molar-refractivity contribution >= 4 is 35.8 Å². The zero-order valence-corrected chi connectivity index (χ0v) is 18.9. The lowest BCUT2D eigenvalue weighted by molar-refractivity contribution is -0.119. The molecular weight excluding hydrogens is 471 g/mol. The van der Waals surface area contributed by atoms with E-state index in [-0.39, 0.29) is 36.4 Å². The molecule has 0 unspecified atom stereocenters. The average Bonchev–Trinajstić information content (AvgIpc) is 3.19. The maximum absolute atomic E-state index is 12.0. The molecule has 0 aliphatic rings. The Kier molecular flexibility index (Phi) is 11.1. The Balaban J connectivity index is 0.00000392. The monoisotopic (exact) mass is 500 g/mol. The molecule has 0 saturated heterocycles. The summed E-state index contributed by atoms with van der Waals surface area (Å²) in [5.74, 6) is 2.10. The Hall–Kier alpha value is -2.23. The largest absolute Gasteiger partial charge is 0.494 e. The molecule has 2 aromatic rings. The summed E-state index contributed by atoms with van der Waals surface area (Å²) >= 11 is 0. The number of hydrogen-bond acceptors (Lipinski definition) is 4. The fourth-order valence-corrected chi connectivity index (χ4v) is 2.48. The zero-order valence-electron chi connectivity index (χ0n) is 16.6. The topological polar surface area (TPSA) is 79.1 Å². The van der Waals surface area contributed by atoms with Crippen LogP contribution in [0.25, 0.3) is 0 Å². The minimum absolute atomic E-state index is 0. The molecule has 0 bridgehead atoms. The number of aliphatic imine (C=N–C) groups is 1. The normalized spacial score (nSPS) is 10.8. The molecule has 0 spiro atoms. The number of ether oxygens (including phenoxy) is 1. The number of carbonyl (C=O) groups excluding carboxylic acids is 1. The summed E-state index contributed by atoms with van der Waals surface area (Å²) in [5, 5.41) is 6.00. The van der Waals surface area contributed by atoms with Crippen LogP contribution in [-0.4, -0.2) is 43.5 Å². The van der Waals surface area contributed by atoms with Gasteiger partial charge in [0, 0.05) is 20.1 Å². The third-order valence-corrected chi connectivity index (χ3v) is 3.76. The fraction of sp³-hybridized carbons (Fsp3) is 0.400. The third-order valence-electron chi connectivity index (χ3n) is 3.76. The highest BCUT2D eigenvalue weighted by atomic mass is 127. The maximum Gasteiger partial charge on any atom is 0.242 e. The lowest BCUT2D eigenvalue weighted by Gasteiger charge is -2.22. The van der Waals surface area contributed by atoms with Gasteiger partial charge in [-0.05, 0) is 43.7 Å². The molecule has 1 amide bonds. The third kappa shape index (κ3) is 8.20. The predicted octanol–water partition coefficient (Wildman–Crippen LogP) is 3.01. The summed E-state index contributed by atoms with van der Waals surface area (Å²) in [6, 6.07) is 11.6. The van der Waals surface area contributed by atoms with Crippen LogP contribution in [0.1, 0.15) is 25.2 Å². The maximum atomic E-state index is 12.0. The molecule has 2 rings (SSSR count). The van der Waals surface area contributed by atoms with E-state index in [1.54, 1.807) is 12.3 Å². The van der Waals surface area contributed by atoms with E-state index in [0.29, 0.717) is 31.4 Å². The van der Waals surface area contributed by atoms with Gasteiger partial charge in [-0.3, -0.25) is 4.79 Å². The smallest absolute Gasteiger partial charge is 0.242 e. The number of amides is 1. The van der Waals surface area contributed by atoms with Gasteiger partial charge in [0.05, 0.1) is 19.4 Å². The molecule has 0 atom stereocenters. The van der Waals surface area contributed by atoms with Crippen molar-refractivity contribution in [3.8, 4) is 5.75 Å². The van der Waals surface area contributed by atoms with Crippen LogP contribution in [0.5, 0.6) is 5.75 Å². The quantitative estimate of drug-likeness (QED) is 0.315. The first kappa shape index (κ1) is 23.8. The van der Waals surface area contributed by atoms with Gasteiger partial charge in [-0.1, -0.05) is 12.1 Å². The second kappa shape index (κ2) is 13.0. The molecule has 8 heteroatoms. The number of rotatable bonds is 9. The van der Waals surface area contributed by atoms with E-state index in [9.17, 15) is 4.79 Å². The van der Waals surface area contributed by atoms with Crippen LogP contribution in [0, 0.1) is 0 Å². The van der Waals surface area contributed by atoms with E-state index in [0.717, 1.165) is 17.9 Å². The Labute approximate surface area is 183 Å². The number of nitrogens with zero attached hydrogens (tertiary/aromatic N) is 2. The molecule has 0 saturated carbocycles. The molecule has 154 valence electrons. The number of guanidine groups is 1. The SMILES string of the molecule is CCNC(=NCC(=O)NCc1ccco1)N(C)Cc1ccc(OCC)cc1.I. The summed E-state index contributed by atoms with van der Waals surface area (Å²) in [6.45, 7) is 6.42. The van der Waals surface area contributed by atoms with Crippen molar-refractivity contribution in [3.63, 3.8) is 0 Å². The van der Waals surface area contributed by atoms with Crippen LogP contribution in [-0.2, 0) is 17.9 Å². The summed E-state index contributed by atoms with van der Waals surface area (Å²) in [6.07, 6.45) is 1.58. The molecule has 1 aromatic carbocycles. The van der Waals surface area contributed by atoms with Gasteiger partial charge in [-0.25, -0.2) is 4.99 Å². The van der Waals surface area contributed by atoms with Crippen molar-refractivity contribution in [2.75, 3.05) is 26.7 Å². The second-order valence-electron chi connectivity index (χ2n) is 5.96. The van der Waals surface area contributed by atoms with Crippen LogP contribution in [0.15, 0.2) is 52.1 Å². The number of carbonyl (C=O) groups is 1. The highest BCUT2D eigenvalue weighted by Crippen LogP contribution is 2.13. The molecule has 2 N–H and O–H groups in total. The fourth-order valence-electron chi connectivity index (χ4n) is 2.48. The van der Waals surface area contributed by atoms with Crippen LogP contribution in [0.3, 0.4) is 0 Å². The highest BCUT2D eigenvalue weighted by Gasteiger charge is 2.09. The lowest BCUT2D eigenvalue weighted by atomic mass is 10.2. The summed E-state index contributed by atoms with van der Waals surface area (Å²) < 4.78 is 10.7. The first-order valence-corrected chi connectivity index (χ1v) is 9.12. The van der Waals surface area contributed by atoms with Gasteiger partial charge in [-0.15, -0.1) is 24.0 Å². The van der Waals surface area contributed by atoms with Crippen LogP contribution >= 0.6 is 24.0 Å². The van der Waals surface area contributed by atoms with Crippen LogP contribution in [0.2, 0.25) is 0 Å². The second-order valence-corrected chi connectivity index (χ2v) is 5.96. The first-order chi connectivity index (χ1) is 13.1. The Morgan fingerprint density at radius 3 is 2.54 bits per heavy atom. The van der Waals surface area contributed by atoms with E-state index < -0.39 is 0 Å².